The fourth-order valence-electron chi connectivity index (χ4n) is 1.32. The van der Waals surface area contributed by atoms with Crippen molar-refractivity contribution in [2.75, 3.05) is 26.2 Å². The Bertz CT molecular complexity index is 202. The molecule has 0 saturated heterocycles. The summed E-state index contributed by atoms with van der Waals surface area (Å²) in [5, 5.41) is 0. The molecular formula is C12H23NO2. The number of hydrogen-bond donors (Lipinski definition) is 0. The van der Waals surface area contributed by atoms with E-state index in [1.54, 1.807) is 0 Å². The van der Waals surface area contributed by atoms with Gasteiger partial charge in [0.25, 0.3) is 0 Å². The van der Waals surface area contributed by atoms with Crippen molar-refractivity contribution in [1.82, 2.24) is 4.90 Å². The predicted octanol–water partition coefficient (Wildman–Crippen LogP) is 2.23. The van der Waals surface area contributed by atoms with Gasteiger partial charge in [-0.15, -0.1) is 6.58 Å². The highest BCUT2D eigenvalue weighted by Gasteiger charge is 2.09. The average molecular weight is 213 g/mol. The second-order valence-electron chi connectivity index (χ2n) is 3.79. The highest BCUT2D eigenvalue weighted by molar-refractivity contribution is 5.71. The van der Waals surface area contributed by atoms with Gasteiger partial charge in [0.1, 0.15) is 0 Å². The Morgan fingerprint density at radius 3 is 2.47 bits per heavy atom. The van der Waals surface area contributed by atoms with Gasteiger partial charge in [-0.1, -0.05) is 12.5 Å². The van der Waals surface area contributed by atoms with Crippen LogP contribution >= 0.6 is 0 Å². The van der Waals surface area contributed by atoms with Crippen LogP contribution in [0.1, 0.15) is 33.6 Å². The summed E-state index contributed by atoms with van der Waals surface area (Å²) < 4.78 is 4.92. The Balaban J connectivity index is 3.91. The van der Waals surface area contributed by atoms with Crippen LogP contribution in [0.2, 0.25) is 0 Å². The lowest BCUT2D eigenvalue weighted by Gasteiger charge is -2.20. The van der Waals surface area contributed by atoms with E-state index in [-0.39, 0.29) is 5.97 Å². The molecule has 0 aliphatic carbocycles. The Morgan fingerprint density at radius 2 is 2.00 bits per heavy atom. The van der Waals surface area contributed by atoms with Crippen molar-refractivity contribution < 1.29 is 9.53 Å². The smallest absolute Gasteiger partial charge is 0.320 e. The monoisotopic (exact) mass is 213 g/mol. The van der Waals surface area contributed by atoms with Crippen molar-refractivity contribution >= 4 is 5.97 Å². The van der Waals surface area contributed by atoms with Gasteiger partial charge in [0.2, 0.25) is 0 Å². The van der Waals surface area contributed by atoms with Gasteiger partial charge in [-0.05, 0) is 33.2 Å². The molecule has 0 spiro atoms. The standard InChI is InChI=1S/C12H23NO2/c1-5-8-13(9-7-11(3)4)10-12(14)15-6-2/h3,5-10H2,1-2,4H3. The summed E-state index contributed by atoms with van der Waals surface area (Å²) >= 11 is 0. The van der Waals surface area contributed by atoms with E-state index < -0.39 is 0 Å². The molecule has 0 bridgehead atoms. The van der Waals surface area contributed by atoms with Gasteiger partial charge >= 0.3 is 5.97 Å². The van der Waals surface area contributed by atoms with E-state index in [2.05, 4.69) is 18.4 Å². The van der Waals surface area contributed by atoms with Crippen molar-refractivity contribution in [3.05, 3.63) is 12.2 Å². The van der Waals surface area contributed by atoms with Gasteiger partial charge in [-0.2, -0.15) is 0 Å². The normalized spacial score (nSPS) is 10.4. The highest BCUT2D eigenvalue weighted by Crippen LogP contribution is 2.01. The highest BCUT2D eigenvalue weighted by atomic mass is 16.5. The van der Waals surface area contributed by atoms with Crippen molar-refractivity contribution in [1.29, 1.82) is 0 Å². The van der Waals surface area contributed by atoms with Crippen molar-refractivity contribution in [2.24, 2.45) is 0 Å². The van der Waals surface area contributed by atoms with Crippen LogP contribution in [0.25, 0.3) is 0 Å². The second kappa shape index (κ2) is 8.48. The molecule has 3 heteroatoms. The first-order chi connectivity index (χ1) is 7.10. The van der Waals surface area contributed by atoms with E-state index in [0.29, 0.717) is 13.2 Å². The number of nitrogens with zero attached hydrogens (tertiary/aromatic N) is 1. The zero-order valence-electron chi connectivity index (χ0n) is 10.2. The fourth-order valence-corrected chi connectivity index (χ4v) is 1.32. The maximum Gasteiger partial charge on any atom is 0.320 e. The first kappa shape index (κ1) is 14.2. The van der Waals surface area contributed by atoms with E-state index in [0.717, 1.165) is 31.5 Å². The zero-order chi connectivity index (χ0) is 11.7. The van der Waals surface area contributed by atoms with Crippen LogP contribution in [-0.4, -0.2) is 37.1 Å². The van der Waals surface area contributed by atoms with Gasteiger partial charge in [0.15, 0.2) is 0 Å². The molecule has 0 amide bonds. The van der Waals surface area contributed by atoms with E-state index in [1.165, 1.54) is 0 Å². The largest absolute Gasteiger partial charge is 0.465 e. The number of hydrogen-bond acceptors (Lipinski definition) is 3. The summed E-state index contributed by atoms with van der Waals surface area (Å²) in [7, 11) is 0. The molecular weight excluding hydrogens is 190 g/mol. The Kier molecular flexibility index (Phi) is 8.01. The summed E-state index contributed by atoms with van der Waals surface area (Å²) in [5.74, 6) is -0.132. The number of carbonyl (C=O) groups excluding carboxylic acids is 1. The van der Waals surface area contributed by atoms with E-state index >= 15 is 0 Å². The third-order valence-corrected chi connectivity index (χ3v) is 2.05. The molecule has 0 rings (SSSR count). The van der Waals surface area contributed by atoms with Crippen molar-refractivity contribution in [3.8, 4) is 0 Å². The Labute approximate surface area is 93.1 Å². The van der Waals surface area contributed by atoms with Crippen LogP contribution in [0.4, 0.5) is 0 Å². The summed E-state index contributed by atoms with van der Waals surface area (Å²) in [6.45, 7) is 12.5. The number of carbonyl (C=O) groups is 1. The van der Waals surface area contributed by atoms with E-state index in [9.17, 15) is 4.79 Å². The molecule has 0 fully saturated rings. The maximum atomic E-state index is 11.3. The minimum atomic E-state index is -0.132. The first-order valence-electron chi connectivity index (χ1n) is 5.62. The topological polar surface area (TPSA) is 29.5 Å². The molecule has 0 heterocycles. The first-order valence-corrected chi connectivity index (χ1v) is 5.62. The SMILES string of the molecule is C=C(C)CCN(CCC)CC(=O)OCC. The van der Waals surface area contributed by atoms with Crippen LogP contribution in [0.3, 0.4) is 0 Å². The third-order valence-electron chi connectivity index (χ3n) is 2.05. The Hall–Kier alpha value is -0.830. The van der Waals surface area contributed by atoms with Gasteiger partial charge in [0, 0.05) is 6.54 Å². The molecule has 0 aromatic carbocycles. The average Bonchev–Trinajstić information content (AvgIpc) is 2.15. The third kappa shape index (κ3) is 8.18. The second-order valence-corrected chi connectivity index (χ2v) is 3.79. The van der Waals surface area contributed by atoms with Gasteiger partial charge < -0.3 is 4.74 Å². The molecule has 0 saturated carbocycles. The van der Waals surface area contributed by atoms with Gasteiger partial charge in [-0.25, -0.2) is 0 Å². The molecule has 88 valence electrons. The lowest BCUT2D eigenvalue weighted by Crippen LogP contribution is -2.32. The molecule has 15 heavy (non-hydrogen) atoms. The molecule has 0 aromatic heterocycles. The molecule has 0 N–H and O–H groups in total. The fraction of sp³-hybridized carbons (Fsp3) is 0.750. The van der Waals surface area contributed by atoms with Crippen LogP contribution in [-0.2, 0) is 9.53 Å². The quantitative estimate of drug-likeness (QED) is 0.457. The van der Waals surface area contributed by atoms with Crippen LogP contribution < -0.4 is 0 Å². The minimum Gasteiger partial charge on any atom is -0.465 e. The van der Waals surface area contributed by atoms with Crippen LogP contribution in [0.15, 0.2) is 12.2 Å². The molecule has 0 unspecified atom stereocenters. The van der Waals surface area contributed by atoms with Crippen molar-refractivity contribution in [3.63, 3.8) is 0 Å². The van der Waals surface area contributed by atoms with Crippen LogP contribution in [0.5, 0.6) is 0 Å². The number of rotatable bonds is 8. The van der Waals surface area contributed by atoms with Crippen molar-refractivity contribution in [2.45, 2.75) is 33.6 Å². The molecule has 0 aromatic rings. The maximum absolute atomic E-state index is 11.3. The summed E-state index contributed by atoms with van der Waals surface area (Å²) in [6, 6.07) is 0. The number of esters is 1. The Morgan fingerprint density at radius 1 is 1.33 bits per heavy atom. The van der Waals surface area contributed by atoms with Crippen LogP contribution in [0, 0.1) is 0 Å². The lowest BCUT2D eigenvalue weighted by atomic mass is 10.2. The molecule has 0 radical (unpaired) electrons. The lowest BCUT2D eigenvalue weighted by molar-refractivity contribution is -0.144. The van der Waals surface area contributed by atoms with E-state index in [4.69, 9.17) is 4.74 Å². The summed E-state index contributed by atoms with van der Waals surface area (Å²) in [5.41, 5.74) is 1.15. The molecule has 0 aliphatic rings. The zero-order valence-corrected chi connectivity index (χ0v) is 10.2. The minimum absolute atomic E-state index is 0.132. The number of ether oxygens (including phenoxy) is 1. The van der Waals surface area contributed by atoms with Gasteiger partial charge in [-0.3, -0.25) is 9.69 Å². The van der Waals surface area contributed by atoms with Gasteiger partial charge in [0.05, 0.1) is 13.2 Å². The molecule has 0 atom stereocenters. The van der Waals surface area contributed by atoms with E-state index in [1.807, 2.05) is 13.8 Å². The molecule has 3 nitrogen and oxygen atoms in total. The molecule has 0 aliphatic heterocycles. The summed E-state index contributed by atoms with van der Waals surface area (Å²) in [6.07, 6.45) is 2.00. The predicted molar refractivity (Wildman–Crippen MR) is 62.8 cm³/mol. The summed E-state index contributed by atoms with van der Waals surface area (Å²) in [4.78, 5) is 13.4.